The zero-order chi connectivity index (χ0) is 7.56. The van der Waals surface area contributed by atoms with E-state index in [2.05, 4.69) is 19.1 Å². The molecule has 1 heterocycles. The summed E-state index contributed by atoms with van der Waals surface area (Å²) in [5.41, 5.74) is 0. The first-order valence-corrected chi connectivity index (χ1v) is 4.23. The maximum atomic E-state index is 9.02. The first-order valence-electron chi connectivity index (χ1n) is 3.42. The van der Waals surface area contributed by atoms with E-state index in [9.17, 15) is 0 Å². The normalized spacial score (nSPS) is 13.5. The summed E-state index contributed by atoms with van der Waals surface area (Å²) < 4.78 is 0. The maximum Gasteiger partial charge on any atom is 0.0560 e. The van der Waals surface area contributed by atoms with Gasteiger partial charge in [-0.05, 0) is 26.0 Å². The predicted octanol–water partition coefficient (Wildman–Crippen LogP) is 1.98. The minimum atomic E-state index is -0.210. The number of hydrogen-bond donors (Lipinski definition) is 1. The van der Waals surface area contributed by atoms with Crippen LogP contribution < -0.4 is 0 Å². The quantitative estimate of drug-likeness (QED) is 0.694. The van der Waals surface area contributed by atoms with Crippen molar-refractivity contribution >= 4 is 11.3 Å². The van der Waals surface area contributed by atoms with Crippen LogP contribution >= 0.6 is 11.3 Å². The Morgan fingerprint density at radius 3 is 2.70 bits per heavy atom. The van der Waals surface area contributed by atoms with Gasteiger partial charge < -0.3 is 5.11 Å². The molecule has 1 nitrogen and oxygen atoms in total. The van der Waals surface area contributed by atoms with Gasteiger partial charge in [-0.1, -0.05) is 0 Å². The van der Waals surface area contributed by atoms with Gasteiger partial charge in [0.2, 0.25) is 0 Å². The summed E-state index contributed by atoms with van der Waals surface area (Å²) in [6.45, 7) is 3.89. The fourth-order valence-electron chi connectivity index (χ4n) is 0.886. The Hall–Kier alpha value is -0.340. The van der Waals surface area contributed by atoms with Crippen molar-refractivity contribution < 1.29 is 5.11 Å². The molecule has 0 unspecified atom stereocenters. The van der Waals surface area contributed by atoms with Crippen LogP contribution in [-0.2, 0) is 6.42 Å². The second kappa shape index (κ2) is 3.17. The molecule has 0 aliphatic heterocycles. The van der Waals surface area contributed by atoms with E-state index in [0.29, 0.717) is 0 Å². The van der Waals surface area contributed by atoms with Crippen molar-refractivity contribution in [2.75, 3.05) is 0 Å². The van der Waals surface area contributed by atoms with Gasteiger partial charge in [0.1, 0.15) is 0 Å². The topological polar surface area (TPSA) is 20.2 Å². The fraction of sp³-hybridized carbons (Fsp3) is 0.500. The van der Waals surface area contributed by atoms with Crippen molar-refractivity contribution in [1.82, 2.24) is 0 Å². The average Bonchev–Trinajstić information content (AvgIpc) is 2.13. The zero-order valence-electron chi connectivity index (χ0n) is 6.29. The molecular formula is C8H12OS. The summed E-state index contributed by atoms with van der Waals surface area (Å²) in [5.74, 6) is 0. The molecule has 0 aliphatic carbocycles. The monoisotopic (exact) mass is 156 g/mol. The van der Waals surface area contributed by atoms with Crippen LogP contribution in [-0.4, -0.2) is 11.2 Å². The van der Waals surface area contributed by atoms with E-state index in [-0.39, 0.29) is 6.10 Å². The third-order valence-electron chi connectivity index (χ3n) is 1.29. The number of thiophene rings is 1. The van der Waals surface area contributed by atoms with Gasteiger partial charge >= 0.3 is 0 Å². The predicted molar refractivity (Wildman–Crippen MR) is 44.4 cm³/mol. The van der Waals surface area contributed by atoms with E-state index < -0.39 is 0 Å². The summed E-state index contributed by atoms with van der Waals surface area (Å²) >= 11 is 1.76. The van der Waals surface area contributed by atoms with E-state index in [0.717, 1.165) is 6.42 Å². The van der Waals surface area contributed by atoms with Gasteiger partial charge in [0.15, 0.2) is 0 Å². The summed E-state index contributed by atoms with van der Waals surface area (Å²) in [5, 5.41) is 9.02. The number of hydrogen-bond acceptors (Lipinski definition) is 2. The molecule has 1 N–H and O–H groups in total. The van der Waals surface area contributed by atoms with E-state index in [1.807, 2.05) is 6.92 Å². The summed E-state index contributed by atoms with van der Waals surface area (Å²) in [6.07, 6.45) is 0.580. The van der Waals surface area contributed by atoms with Crippen molar-refractivity contribution in [3.8, 4) is 0 Å². The highest BCUT2D eigenvalue weighted by Crippen LogP contribution is 2.16. The van der Waals surface area contributed by atoms with E-state index in [1.165, 1.54) is 9.75 Å². The minimum Gasteiger partial charge on any atom is -0.393 e. The maximum absolute atomic E-state index is 9.02. The molecule has 2 heteroatoms. The van der Waals surface area contributed by atoms with Gasteiger partial charge in [-0.15, -0.1) is 11.3 Å². The van der Waals surface area contributed by atoms with Gasteiger partial charge in [-0.2, -0.15) is 0 Å². The molecule has 0 aliphatic rings. The lowest BCUT2D eigenvalue weighted by Gasteiger charge is -1.98. The van der Waals surface area contributed by atoms with Crippen molar-refractivity contribution in [1.29, 1.82) is 0 Å². The van der Waals surface area contributed by atoms with Crippen molar-refractivity contribution in [3.63, 3.8) is 0 Å². The van der Waals surface area contributed by atoms with Crippen LogP contribution in [0.5, 0.6) is 0 Å². The van der Waals surface area contributed by atoms with Crippen LogP contribution in [0.25, 0.3) is 0 Å². The molecule has 1 rings (SSSR count). The Bertz CT molecular complexity index is 203. The number of rotatable bonds is 2. The van der Waals surface area contributed by atoms with Crippen LogP contribution in [0.3, 0.4) is 0 Å². The Balaban J connectivity index is 2.58. The first-order chi connectivity index (χ1) is 4.68. The molecule has 0 radical (unpaired) electrons. The Labute approximate surface area is 65.3 Å². The zero-order valence-corrected chi connectivity index (χ0v) is 7.11. The van der Waals surface area contributed by atoms with Crippen LogP contribution in [0.1, 0.15) is 16.7 Å². The molecule has 0 saturated heterocycles. The number of aryl methyl sites for hydroxylation is 1. The molecule has 1 aromatic heterocycles. The molecule has 0 amide bonds. The molecule has 56 valence electrons. The lowest BCUT2D eigenvalue weighted by molar-refractivity contribution is 0.196. The standard InChI is InChI=1S/C8H12OS/c1-6(9)5-8-4-3-7(2)10-8/h3-4,6,9H,5H2,1-2H3/t6-/m0/s1. The molecule has 0 saturated carbocycles. The van der Waals surface area contributed by atoms with Crippen molar-refractivity contribution in [2.24, 2.45) is 0 Å². The molecule has 0 spiro atoms. The Morgan fingerprint density at radius 1 is 1.60 bits per heavy atom. The van der Waals surface area contributed by atoms with Gasteiger partial charge in [-0.3, -0.25) is 0 Å². The Kier molecular flexibility index (Phi) is 2.46. The number of aliphatic hydroxyl groups is 1. The van der Waals surface area contributed by atoms with Gasteiger partial charge in [0.25, 0.3) is 0 Å². The van der Waals surface area contributed by atoms with Crippen molar-refractivity contribution in [2.45, 2.75) is 26.4 Å². The summed E-state index contributed by atoms with van der Waals surface area (Å²) in [7, 11) is 0. The van der Waals surface area contributed by atoms with E-state index in [1.54, 1.807) is 11.3 Å². The molecule has 10 heavy (non-hydrogen) atoms. The SMILES string of the molecule is Cc1ccc(C[C@H](C)O)s1. The van der Waals surface area contributed by atoms with Crippen LogP contribution in [0, 0.1) is 6.92 Å². The third-order valence-corrected chi connectivity index (χ3v) is 2.32. The molecule has 0 bridgehead atoms. The lowest BCUT2D eigenvalue weighted by atomic mass is 10.2. The largest absolute Gasteiger partial charge is 0.393 e. The van der Waals surface area contributed by atoms with Crippen molar-refractivity contribution in [3.05, 3.63) is 21.9 Å². The molecular weight excluding hydrogens is 144 g/mol. The molecule has 0 aromatic carbocycles. The van der Waals surface area contributed by atoms with Crippen LogP contribution in [0.2, 0.25) is 0 Å². The highest BCUT2D eigenvalue weighted by Gasteiger charge is 1.99. The van der Waals surface area contributed by atoms with E-state index in [4.69, 9.17) is 5.11 Å². The Morgan fingerprint density at radius 2 is 2.30 bits per heavy atom. The van der Waals surface area contributed by atoms with E-state index >= 15 is 0 Å². The van der Waals surface area contributed by atoms with Gasteiger partial charge in [0, 0.05) is 16.2 Å². The third kappa shape index (κ3) is 2.12. The van der Waals surface area contributed by atoms with Gasteiger partial charge in [0.05, 0.1) is 6.10 Å². The summed E-state index contributed by atoms with van der Waals surface area (Å²) in [6, 6.07) is 4.16. The fourth-order valence-corrected chi connectivity index (χ4v) is 1.90. The van der Waals surface area contributed by atoms with Crippen LogP contribution in [0.4, 0.5) is 0 Å². The minimum absolute atomic E-state index is 0.210. The summed E-state index contributed by atoms with van der Waals surface area (Å²) in [4.78, 5) is 2.59. The average molecular weight is 156 g/mol. The highest BCUT2D eigenvalue weighted by molar-refractivity contribution is 7.11. The first kappa shape index (κ1) is 7.76. The molecule has 1 aromatic rings. The number of aliphatic hydroxyl groups excluding tert-OH is 1. The van der Waals surface area contributed by atoms with Crippen LogP contribution in [0.15, 0.2) is 12.1 Å². The molecule has 1 atom stereocenters. The lowest BCUT2D eigenvalue weighted by Crippen LogP contribution is -2.01. The highest BCUT2D eigenvalue weighted by atomic mass is 32.1. The smallest absolute Gasteiger partial charge is 0.0560 e. The second-order valence-corrected chi connectivity index (χ2v) is 3.94. The molecule has 0 fully saturated rings. The second-order valence-electron chi connectivity index (χ2n) is 2.57. The van der Waals surface area contributed by atoms with Gasteiger partial charge in [-0.25, -0.2) is 0 Å².